The molecule has 0 saturated carbocycles. The molecule has 0 heterocycles. The second kappa shape index (κ2) is 14.1. The molecule has 34 heavy (non-hydrogen) atoms. The Bertz CT molecular complexity index is 1020. The van der Waals surface area contributed by atoms with Crippen molar-refractivity contribution in [3.63, 3.8) is 0 Å². The molecule has 0 aliphatic carbocycles. The van der Waals surface area contributed by atoms with Crippen molar-refractivity contribution in [3.05, 3.63) is 59.7 Å². The highest BCUT2D eigenvalue weighted by molar-refractivity contribution is 7.89. The Morgan fingerprint density at radius 2 is 1.41 bits per heavy atom. The lowest BCUT2D eigenvalue weighted by Gasteiger charge is -2.18. The van der Waals surface area contributed by atoms with Gasteiger partial charge in [0.05, 0.1) is 23.5 Å². The van der Waals surface area contributed by atoms with Crippen LogP contribution in [0.5, 0.6) is 0 Å². The minimum atomic E-state index is -3.57. The molecule has 0 aliphatic rings. The summed E-state index contributed by atoms with van der Waals surface area (Å²) in [4.78, 5) is 26.2. The van der Waals surface area contributed by atoms with E-state index in [-0.39, 0.29) is 23.2 Å². The summed E-state index contributed by atoms with van der Waals surface area (Å²) in [5, 5.41) is 2.75. The molecule has 0 spiro atoms. The number of likely N-dealkylation sites (N-methyl/N-ethyl adjacent to an activating group) is 1. The van der Waals surface area contributed by atoms with Crippen LogP contribution in [0, 0.1) is 0 Å². The second-order valence-corrected chi connectivity index (χ2v) is 9.43. The van der Waals surface area contributed by atoms with Gasteiger partial charge < -0.3 is 27.4 Å². The smallest absolute Gasteiger partial charge is 0.338 e. The van der Waals surface area contributed by atoms with Crippen molar-refractivity contribution in [3.8, 4) is 0 Å². The van der Waals surface area contributed by atoms with Gasteiger partial charge in [0.15, 0.2) is 0 Å². The first kappa shape index (κ1) is 29.6. The van der Waals surface area contributed by atoms with Gasteiger partial charge in [0.2, 0.25) is 10.0 Å². The van der Waals surface area contributed by atoms with Gasteiger partial charge in [-0.15, -0.1) is 0 Å². The van der Waals surface area contributed by atoms with Crippen LogP contribution >= 0.6 is 0 Å². The lowest BCUT2D eigenvalue weighted by atomic mass is 10.2. The zero-order valence-electron chi connectivity index (χ0n) is 20.1. The number of nitrogens with zero attached hydrogens (tertiary/aromatic N) is 1. The molecule has 0 aromatic heterocycles. The number of hydrogen-bond acceptors (Lipinski definition) is 5. The average molecular weight is 512 g/mol. The highest BCUT2D eigenvalue weighted by Crippen LogP contribution is 2.17. The van der Waals surface area contributed by atoms with Crippen LogP contribution in [0.4, 0.5) is 5.69 Å². The number of carbonyl (C=O) groups excluding carboxylic acids is 2. The standard InChI is InChI=1S/C24H33N3O5S.ClH/c1-5-26(6-2)17-18-32-24(29)20-9-13-21(14-10-20)25-23(28)19-11-15-22(16-12-19)33(30,31)27(7-3)8-4;/h9-16H,5-8,17-18H2,1-4H3,(H,25,28);1H. The summed E-state index contributed by atoms with van der Waals surface area (Å²) in [5.74, 6) is -0.774. The van der Waals surface area contributed by atoms with E-state index < -0.39 is 16.0 Å². The van der Waals surface area contributed by atoms with E-state index in [1.54, 1.807) is 38.1 Å². The molecule has 0 fully saturated rings. The molecule has 8 nitrogen and oxygen atoms in total. The molecule has 2 rings (SSSR count). The number of hydrogen-bond donors (Lipinski definition) is 2. The van der Waals surface area contributed by atoms with Gasteiger partial charge in [0.1, 0.15) is 13.2 Å². The van der Waals surface area contributed by atoms with E-state index in [9.17, 15) is 18.0 Å². The number of rotatable bonds is 12. The maximum absolute atomic E-state index is 12.6. The molecule has 10 heteroatoms. The molecule has 0 unspecified atom stereocenters. The fourth-order valence-electron chi connectivity index (χ4n) is 3.36. The Kier molecular flexibility index (Phi) is 12.2. The van der Waals surface area contributed by atoms with Crippen LogP contribution in [-0.2, 0) is 14.8 Å². The van der Waals surface area contributed by atoms with Crippen LogP contribution in [-0.4, -0.2) is 63.9 Å². The predicted octanol–water partition coefficient (Wildman–Crippen LogP) is -0.945. The first-order chi connectivity index (χ1) is 15.8. The summed E-state index contributed by atoms with van der Waals surface area (Å²) < 4.78 is 31.8. The first-order valence-corrected chi connectivity index (χ1v) is 12.7. The van der Waals surface area contributed by atoms with Gasteiger partial charge in [-0.1, -0.05) is 13.8 Å². The van der Waals surface area contributed by atoms with E-state index in [1.165, 1.54) is 33.5 Å². The third kappa shape index (κ3) is 7.80. The van der Waals surface area contributed by atoms with Gasteiger partial charge in [0.25, 0.3) is 5.91 Å². The summed E-state index contributed by atoms with van der Waals surface area (Å²) in [6, 6.07) is 12.3. The third-order valence-corrected chi connectivity index (χ3v) is 7.59. The quantitative estimate of drug-likeness (QED) is 0.358. The van der Waals surface area contributed by atoms with Gasteiger partial charge in [-0.2, -0.15) is 4.31 Å². The highest BCUT2D eigenvalue weighted by atomic mass is 35.5. The maximum Gasteiger partial charge on any atom is 0.338 e. The number of sulfonamides is 1. The van der Waals surface area contributed by atoms with Crippen LogP contribution < -0.4 is 22.6 Å². The summed E-state index contributed by atoms with van der Waals surface area (Å²) >= 11 is 0. The minimum Gasteiger partial charge on any atom is -1.00 e. The molecular weight excluding hydrogens is 478 g/mol. The van der Waals surface area contributed by atoms with Crippen LogP contribution in [0.15, 0.2) is 53.4 Å². The zero-order chi connectivity index (χ0) is 24.4. The monoisotopic (exact) mass is 511 g/mol. The molecule has 2 aromatic rings. The summed E-state index contributed by atoms with van der Waals surface area (Å²) in [7, 11) is -3.57. The lowest BCUT2D eigenvalue weighted by molar-refractivity contribution is -0.896. The number of amides is 1. The average Bonchev–Trinajstić information content (AvgIpc) is 2.83. The highest BCUT2D eigenvalue weighted by Gasteiger charge is 2.21. The molecule has 2 aromatic carbocycles. The van der Waals surface area contributed by atoms with Gasteiger partial charge in [-0.25, -0.2) is 13.2 Å². The number of ether oxygens (including phenoxy) is 1. The molecular formula is C24H34ClN3O5S. The molecule has 2 N–H and O–H groups in total. The van der Waals surface area contributed by atoms with Crippen molar-refractivity contribution in [1.82, 2.24) is 4.31 Å². The Morgan fingerprint density at radius 3 is 1.91 bits per heavy atom. The fourth-order valence-corrected chi connectivity index (χ4v) is 4.82. The van der Waals surface area contributed by atoms with Crippen molar-refractivity contribution >= 4 is 27.6 Å². The van der Waals surface area contributed by atoms with Crippen LogP contribution in [0.1, 0.15) is 48.4 Å². The van der Waals surface area contributed by atoms with E-state index in [2.05, 4.69) is 19.2 Å². The van der Waals surface area contributed by atoms with Crippen molar-refractivity contribution in [2.24, 2.45) is 0 Å². The number of carbonyl (C=O) groups is 2. The predicted molar refractivity (Wildman–Crippen MR) is 128 cm³/mol. The number of halogens is 1. The van der Waals surface area contributed by atoms with Crippen molar-refractivity contribution < 1.29 is 40.1 Å². The largest absolute Gasteiger partial charge is 1.00 e. The molecule has 0 bridgehead atoms. The Morgan fingerprint density at radius 1 is 0.882 bits per heavy atom. The third-order valence-electron chi connectivity index (χ3n) is 5.53. The topological polar surface area (TPSA) is 97.2 Å². The van der Waals surface area contributed by atoms with E-state index in [4.69, 9.17) is 4.74 Å². The van der Waals surface area contributed by atoms with Gasteiger partial charge >= 0.3 is 5.97 Å². The Hall–Kier alpha value is -2.46. The molecule has 188 valence electrons. The first-order valence-electron chi connectivity index (χ1n) is 11.3. The van der Waals surface area contributed by atoms with E-state index in [1.807, 2.05) is 0 Å². The van der Waals surface area contributed by atoms with Gasteiger partial charge in [-0.3, -0.25) is 4.79 Å². The fraction of sp³-hybridized carbons (Fsp3) is 0.417. The van der Waals surface area contributed by atoms with E-state index >= 15 is 0 Å². The minimum absolute atomic E-state index is 0. The van der Waals surface area contributed by atoms with Crippen molar-refractivity contribution in [2.75, 3.05) is 44.6 Å². The van der Waals surface area contributed by atoms with Gasteiger partial charge in [0, 0.05) is 24.3 Å². The maximum atomic E-state index is 12.6. The number of benzene rings is 2. The van der Waals surface area contributed by atoms with Gasteiger partial charge in [-0.05, 0) is 62.4 Å². The zero-order valence-corrected chi connectivity index (χ0v) is 21.7. The Labute approximate surface area is 208 Å². The molecule has 0 radical (unpaired) electrons. The summed E-state index contributed by atoms with van der Waals surface area (Å²) in [6.07, 6.45) is 0. The van der Waals surface area contributed by atoms with E-state index in [0.717, 1.165) is 19.6 Å². The number of nitrogens with one attached hydrogen (secondary N) is 2. The Balaban J connectivity index is 0.00000578. The van der Waals surface area contributed by atoms with Crippen molar-refractivity contribution in [1.29, 1.82) is 0 Å². The normalized spacial score (nSPS) is 11.2. The lowest BCUT2D eigenvalue weighted by Crippen LogP contribution is -3.11. The van der Waals surface area contributed by atoms with E-state index in [0.29, 0.717) is 36.5 Å². The summed E-state index contributed by atoms with van der Waals surface area (Å²) in [6.45, 7) is 11.6. The van der Waals surface area contributed by atoms with Crippen LogP contribution in [0.2, 0.25) is 0 Å². The number of esters is 1. The summed E-state index contributed by atoms with van der Waals surface area (Å²) in [5.41, 5.74) is 1.26. The van der Waals surface area contributed by atoms with Crippen LogP contribution in [0.25, 0.3) is 0 Å². The molecule has 1 amide bonds. The number of anilines is 1. The second-order valence-electron chi connectivity index (χ2n) is 7.49. The number of quaternary nitrogens is 1. The van der Waals surface area contributed by atoms with Crippen molar-refractivity contribution in [2.45, 2.75) is 32.6 Å². The molecule has 0 saturated heterocycles. The molecule has 0 atom stereocenters. The van der Waals surface area contributed by atoms with Crippen LogP contribution in [0.3, 0.4) is 0 Å². The molecule has 0 aliphatic heterocycles. The SMILES string of the molecule is CCN(CC)S(=O)(=O)c1ccc(C(=O)Nc2ccc(C(=O)OCC[NH+](CC)CC)cc2)cc1.[Cl-].